The molecule has 0 rings (SSSR count). The van der Waals surface area contributed by atoms with Gasteiger partial charge in [0.1, 0.15) is 12.7 Å². The summed E-state index contributed by atoms with van der Waals surface area (Å²) < 4.78 is 39.5. The maximum Gasteiger partial charge on any atom is 0.472 e. The van der Waals surface area contributed by atoms with Crippen LogP contribution in [0.3, 0.4) is 0 Å². The molecule has 0 aromatic heterocycles. The lowest BCUT2D eigenvalue weighted by atomic mass is 10.0. The highest BCUT2D eigenvalue weighted by Gasteiger charge is 2.28. The van der Waals surface area contributed by atoms with E-state index in [9.17, 15) is 28.9 Å². The largest absolute Gasteiger partial charge is 0.472 e. The summed E-state index contributed by atoms with van der Waals surface area (Å²) >= 11 is 0. The SMILES string of the molecule is CC/C=C\C/C=C\C/C=C\C/C=C\C/C=C\CCCC(=O)OC(COC(=O)CCCCCC/C=C\C/C=C\C/C=C\C/C=C\CC)COP(=O)(O)OCC(CO)OC(=O)CCCCCCCCCCCCCCCCCCC. The summed E-state index contributed by atoms with van der Waals surface area (Å²) in [6.07, 6.45) is 71.9. The smallest absolute Gasteiger partial charge is 0.462 e. The van der Waals surface area contributed by atoms with Crippen LogP contribution in [0.25, 0.3) is 0 Å². The van der Waals surface area contributed by atoms with Crippen LogP contribution in [0.1, 0.15) is 252 Å². The van der Waals surface area contributed by atoms with Gasteiger partial charge in [-0.25, -0.2) is 4.57 Å². The van der Waals surface area contributed by atoms with E-state index >= 15 is 0 Å². The van der Waals surface area contributed by atoms with E-state index < -0.39 is 57.8 Å². The highest BCUT2D eigenvalue weighted by atomic mass is 31.2. The second-order valence-corrected chi connectivity index (χ2v) is 21.6. The van der Waals surface area contributed by atoms with Gasteiger partial charge in [-0.2, -0.15) is 0 Å². The average Bonchev–Trinajstić information content (AvgIpc) is 3.43. The quantitative estimate of drug-likeness (QED) is 0.0197. The summed E-state index contributed by atoms with van der Waals surface area (Å²) in [6, 6.07) is 0. The van der Waals surface area contributed by atoms with Crippen molar-refractivity contribution in [1.82, 2.24) is 0 Å². The third-order valence-corrected chi connectivity index (χ3v) is 13.6. The van der Waals surface area contributed by atoms with Crippen molar-refractivity contribution in [3.8, 4) is 0 Å². The molecule has 11 nitrogen and oxygen atoms in total. The van der Waals surface area contributed by atoms with Gasteiger partial charge in [-0.05, 0) is 96.3 Å². The summed E-state index contributed by atoms with van der Waals surface area (Å²) in [7, 11) is -4.78. The van der Waals surface area contributed by atoms with Gasteiger partial charge >= 0.3 is 25.7 Å². The molecule has 0 bridgehead atoms. The molecule has 0 spiro atoms. The Morgan fingerprint density at radius 1 is 0.372 bits per heavy atom. The minimum atomic E-state index is -4.78. The Kier molecular flexibility index (Phi) is 56.3. The molecule has 0 aliphatic rings. The number of unbranched alkanes of at least 4 members (excludes halogenated alkanes) is 21. The number of phosphoric ester groups is 1. The Morgan fingerprint density at radius 3 is 1.08 bits per heavy atom. The molecule has 78 heavy (non-hydrogen) atoms. The highest BCUT2D eigenvalue weighted by molar-refractivity contribution is 7.47. The van der Waals surface area contributed by atoms with Crippen molar-refractivity contribution in [2.45, 2.75) is 264 Å². The van der Waals surface area contributed by atoms with Gasteiger partial charge in [0.25, 0.3) is 0 Å². The molecule has 0 saturated carbocycles. The Bertz CT molecular complexity index is 1720. The lowest BCUT2D eigenvalue weighted by molar-refractivity contribution is -0.161. The number of carbonyl (C=O) groups excluding carboxylic acids is 3. The van der Waals surface area contributed by atoms with Crippen molar-refractivity contribution in [1.29, 1.82) is 0 Å². The molecule has 0 fully saturated rings. The van der Waals surface area contributed by atoms with E-state index in [-0.39, 0.29) is 25.9 Å². The first-order valence-corrected chi connectivity index (χ1v) is 32.3. The van der Waals surface area contributed by atoms with Crippen LogP contribution in [0.2, 0.25) is 0 Å². The van der Waals surface area contributed by atoms with Crippen LogP contribution in [0.5, 0.6) is 0 Å². The predicted molar refractivity (Wildman–Crippen MR) is 325 cm³/mol. The van der Waals surface area contributed by atoms with Gasteiger partial charge in [0, 0.05) is 19.3 Å². The van der Waals surface area contributed by atoms with Crippen LogP contribution >= 0.6 is 7.82 Å². The molecule has 0 aliphatic heterocycles. The van der Waals surface area contributed by atoms with Crippen LogP contribution in [0, 0.1) is 0 Å². The Hall–Kier alpha value is -3.86. The molecule has 0 aliphatic carbocycles. The second-order valence-electron chi connectivity index (χ2n) is 20.1. The van der Waals surface area contributed by atoms with E-state index in [0.717, 1.165) is 103 Å². The molecule has 0 amide bonds. The predicted octanol–water partition coefficient (Wildman–Crippen LogP) is 18.6. The maximum absolute atomic E-state index is 12.9. The number of hydrogen-bond acceptors (Lipinski definition) is 10. The zero-order chi connectivity index (χ0) is 56.9. The molecule has 0 aromatic rings. The minimum Gasteiger partial charge on any atom is -0.462 e. The molecule has 446 valence electrons. The standard InChI is InChI=1S/C66H111O11P/c1-4-7-10-13-16-19-22-25-28-31-34-37-40-43-46-49-52-55-64(68)73-59-63(77-66(70)57-54-51-48-45-42-39-36-33-30-27-24-21-18-15-12-9-6-3)61-75-78(71,72)74-60-62(58-67)76-65(69)56-53-50-47-44-41-38-35-32-29-26-23-20-17-14-11-8-5-2/h7,9-10,12,16,18-19,21,25,27-28,30,34,36-37,39,45,48,62-63,67H,4-6,8,11,13-15,17,20,22-24,26,29,31-33,35,38,40-44,46-47,49-61H2,1-3H3,(H,71,72)/b10-7-,12-9-,19-16-,21-18-,28-25-,30-27-,37-34-,39-36-,48-45-. The summed E-state index contributed by atoms with van der Waals surface area (Å²) in [5.41, 5.74) is 0. The van der Waals surface area contributed by atoms with Crippen LogP contribution < -0.4 is 0 Å². The van der Waals surface area contributed by atoms with Gasteiger partial charge in [0.05, 0.1) is 19.8 Å². The monoisotopic (exact) mass is 1110 g/mol. The summed E-state index contributed by atoms with van der Waals surface area (Å²) in [5, 5.41) is 9.84. The van der Waals surface area contributed by atoms with E-state index in [2.05, 4.69) is 118 Å². The van der Waals surface area contributed by atoms with Crippen molar-refractivity contribution < 1.29 is 52.2 Å². The van der Waals surface area contributed by atoms with Gasteiger partial charge in [0.15, 0.2) is 6.10 Å². The number of esters is 3. The van der Waals surface area contributed by atoms with Crippen molar-refractivity contribution in [2.24, 2.45) is 0 Å². The van der Waals surface area contributed by atoms with Gasteiger partial charge in [0.2, 0.25) is 0 Å². The first kappa shape index (κ1) is 74.1. The number of hydrogen-bond donors (Lipinski definition) is 2. The average molecular weight is 1110 g/mol. The summed E-state index contributed by atoms with van der Waals surface area (Å²) in [4.78, 5) is 48.7. The number of carbonyl (C=O) groups is 3. The summed E-state index contributed by atoms with van der Waals surface area (Å²) in [5.74, 6) is -1.57. The molecule has 0 radical (unpaired) electrons. The van der Waals surface area contributed by atoms with E-state index in [1.807, 2.05) is 12.2 Å². The lowest BCUT2D eigenvalue weighted by Gasteiger charge is -2.21. The van der Waals surface area contributed by atoms with Crippen LogP contribution in [0.15, 0.2) is 109 Å². The molecule has 0 saturated heterocycles. The van der Waals surface area contributed by atoms with Crippen molar-refractivity contribution in [3.05, 3.63) is 109 Å². The van der Waals surface area contributed by atoms with E-state index in [1.165, 1.54) is 83.5 Å². The zero-order valence-electron chi connectivity index (χ0n) is 49.3. The van der Waals surface area contributed by atoms with E-state index in [1.54, 1.807) is 0 Å². The van der Waals surface area contributed by atoms with Crippen LogP contribution in [-0.4, -0.2) is 66.5 Å². The third-order valence-electron chi connectivity index (χ3n) is 12.7. The number of phosphoric acid groups is 1. The van der Waals surface area contributed by atoms with Gasteiger partial charge in [-0.15, -0.1) is 0 Å². The third kappa shape index (κ3) is 56.8. The van der Waals surface area contributed by atoms with Crippen molar-refractivity contribution in [3.63, 3.8) is 0 Å². The number of rotatable bonds is 56. The molecular formula is C66H111O11P. The van der Waals surface area contributed by atoms with E-state index in [0.29, 0.717) is 25.7 Å². The Labute approximate surface area is 475 Å². The number of aliphatic hydroxyl groups is 1. The number of allylic oxidation sites excluding steroid dienone is 18. The summed E-state index contributed by atoms with van der Waals surface area (Å²) in [6.45, 7) is 4.35. The molecule has 12 heteroatoms. The van der Waals surface area contributed by atoms with E-state index in [4.69, 9.17) is 23.3 Å². The normalized spacial score (nSPS) is 14.1. The van der Waals surface area contributed by atoms with Gasteiger partial charge < -0.3 is 24.2 Å². The van der Waals surface area contributed by atoms with Crippen molar-refractivity contribution in [2.75, 3.05) is 26.4 Å². The van der Waals surface area contributed by atoms with Gasteiger partial charge in [-0.3, -0.25) is 23.4 Å². The maximum atomic E-state index is 12.9. The fraction of sp³-hybridized carbons (Fsp3) is 0.682. The number of aliphatic hydroxyl groups excluding tert-OH is 1. The Balaban J connectivity index is 4.81. The fourth-order valence-electron chi connectivity index (χ4n) is 8.09. The molecule has 3 unspecified atom stereocenters. The molecule has 3 atom stereocenters. The van der Waals surface area contributed by atoms with Crippen LogP contribution in [-0.2, 0) is 42.2 Å². The van der Waals surface area contributed by atoms with Gasteiger partial charge in [-0.1, -0.05) is 246 Å². The number of ether oxygens (including phenoxy) is 3. The molecule has 0 heterocycles. The Morgan fingerprint density at radius 2 is 0.679 bits per heavy atom. The molecule has 2 N–H and O–H groups in total. The first-order valence-electron chi connectivity index (χ1n) is 30.8. The minimum absolute atomic E-state index is 0.0793. The fourth-order valence-corrected chi connectivity index (χ4v) is 8.87. The zero-order valence-corrected chi connectivity index (χ0v) is 50.2. The second kappa shape index (κ2) is 59.3. The molecular weight excluding hydrogens is 1000 g/mol. The van der Waals surface area contributed by atoms with Crippen LogP contribution in [0.4, 0.5) is 0 Å². The topological polar surface area (TPSA) is 155 Å². The highest BCUT2D eigenvalue weighted by Crippen LogP contribution is 2.43. The van der Waals surface area contributed by atoms with Crippen molar-refractivity contribution >= 4 is 25.7 Å². The lowest BCUT2D eigenvalue weighted by Crippen LogP contribution is -2.30. The molecule has 0 aromatic carbocycles. The first-order chi connectivity index (χ1) is 38.2.